The van der Waals surface area contributed by atoms with E-state index in [9.17, 15) is 19.8 Å². The van der Waals surface area contributed by atoms with Gasteiger partial charge >= 0.3 is 0 Å². The number of aliphatic hydroxyl groups excluding tert-OH is 4. The third-order valence-electron chi connectivity index (χ3n) is 3.31. The van der Waals surface area contributed by atoms with Gasteiger partial charge in [-0.15, -0.1) is 0 Å². The second-order valence-electron chi connectivity index (χ2n) is 5.07. The standard InChI is InChI=1S/C16H22O6/c17-8-2-6-13(19)15(21)11-4-1-5-12(10-11)16(22)14(20)7-3-9-18/h1,4-5,10,13-14,17-20H,2-3,6-9H2. The van der Waals surface area contributed by atoms with Crippen LogP contribution in [0.3, 0.4) is 0 Å². The Labute approximate surface area is 129 Å². The van der Waals surface area contributed by atoms with Gasteiger partial charge in [-0.3, -0.25) is 9.59 Å². The van der Waals surface area contributed by atoms with E-state index in [2.05, 4.69) is 0 Å². The first kappa shape index (κ1) is 18.4. The van der Waals surface area contributed by atoms with E-state index in [1.165, 1.54) is 24.3 Å². The van der Waals surface area contributed by atoms with Crippen LogP contribution in [0.5, 0.6) is 0 Å². The molecule has 0 aromatic heterocycles. The molecule has 1 rings (SSSR count). The molecule has 6 heteroatoms. The molecule has 0 spiro atoms. The lowest BCUT2D eigenvalue weighted by molar-refractivity contribution is 0.0710. The third-order valence-corrected chi connectivity index (χ3v) is 3.31. The minimum absolute atomic E-state index is 0.111. The number of Topliss-reactive ketones (excluding diaryl/α,β-unsaturated/α-hetero) is 2. The van der Waals surface area contributed by atoms with Gasteiger partial charge in [-0.1, -0.05) is 18.2 Å². The van der Waals surface area contributed by atoms with Crippen molar-refractivity contribution in [1.82, 2.24) is 0 Å². The van der Waals surface area contributed by atoms with Gasteiger partial charge in [-0.05, 0) is 31.7 Å². The van der Waals surface area contributed by atoms with Crippen molar-refractivity contribution in [2.45, 2.75) is 37.9 Å². The second-order valence-corrected chi connectivity index (χ2v) is 5.07. The van der Waals surface area contributed by atoms with Crippen LogP contribution in [0.25, 0.3) is 0 Å². The molecular weight excluding hydrogens is 288 g/mol. The first-order chi connectivity index (χ1) is 10.5. The topological polar surface area (TPSA) is 115 Å². The summed E-state index contributed by atoms with van der Waals surface area (Å²) in [6.07, 6.45) is -1.54. The minimum Gasteiger partial charge on any atom is -0.396 e. The number of ketones is 2. The molecule has 122 valence electrons. The first-order valence-corrected chi connectivity index (χ1v) is 7.27. The van der Waals surface area contributed by atoms with Crippen LogP contribution in [0, 0.1) is 0 Å². The van der Waals surface area contributed by atoms with Crippen molar-refractivity contribution < 1.29 is 30.0 Å². The number of aliphatic hydroxyl groups is 4. The Morgan fingerprint density at radius 1 is 0.864 bits per heavy atom. The van der Waals surface area contributed by atoms with Gasteiger partial charge in [-0.2, -0.15) is 0 Å². The van der Waals surface area contributed by atoms with Crippen molar-refractivity contribution in [1.29, 1.82) is 0 Å². The molecule has 1 aromatic rings. The highest BCUT2D eigenvalue weighted by Crippen LogP contribution is 2.14. The minimum atomic E-state index is -1.23. The van der Waals surface area contributed by atoms with Gasteiger partial charge in [-0.25, -0.2) is 0 Å². The van der Waals surface area contributed by atoms with E-state index in [0.717, 1.165) is 0 Å². The van der Waals surface area contributed by atoms with Crippen molar-refractivity contribution in [2.75, 3.05) is 13.2 Å². The van der Waals surface area contributed by atoms with E-state index >= 15 is 0 Å². The zero-order chi connectivity index (χ0) is 16.5. The van der Waals surface area contributed by atoms with Crippen LogP contribution in [-0.2, 0) is 0 Å². The Morgan fingerprint density at radius 2 is 1.27 bits per heavy atom. The molecular formula is C16H22O6. The van der Waals surface area contributed by atoms with Crippen LogP contribution >= 0.6 is 0 Å². The molecule has 0 radical (unpaired) electrons. The Morgan fingerprint density at radius 3 is 1.64 bits per heavy atom. The molecule has 0 saturated heterocycles. The molecule has 0 fully saturated rings. The molecule has 1 aromatic carbocycles. The van der Waals surface area contributed by atoms with E-state index in [1.54, 1.807) is 0 Å². The van der Waals surface area contributed by atoms with Gasteiger partial charge in [0.05, 0.1) is 0 Å². The number of hydrogen-bond acceptors (Lipinski definition) is 6. The van der Waals surface area contributed by atoms with Crippen molar-refractivity contribution in [2.24, 2.45) is 0 Å². The average molecular weight is 310 g/mol. The molecule has 4 N–H and O–H groups in total. The Bertz CT molecular complexity index is 458. The average Bonchev–Trinajstić information content (AvgIpc) is 2.56. The summed E-state index contributed by atoms with van der Waals surface area (Å²) >= 11 is 0. The van der Waals surface area contributed by atoms with Crippen molar-refractivity contribution in [3.63, 3.8) is 0 Å². The highest BCUT2D eigenvalue weighted by atomic mass is 16.3. The van der Waals surface area contributed by atoms with Gasteiger partial charge in [0.2, 0.25) is 0 Å². The van der Waals surface area contributed by atoms with E-state index in [-0.39, 0.29) is 37.2 Å². The highest BCUT2D eigenvalue weighted by Gasteiger charge is 2.20. The van der Waals surface area contributed by atoms with Gasteiger partial charge in [0.25, 0.3) is 0 Å². The van der Waals surface area contributed by atoms with Gasteiger partial charge in [0, 0.05) is 24.3 Å². The lowest BCUT2D eigenvalue weighted by Gasteiger charge is -2.11. The fourth-order valence-corrected chi connectivity index (χ4v) is 2.04. The Kier molecular flexibility index (Phi) is 7.90. The summed E-state index contributed by atoms with van der Waals surface area (Å²) < 4.78 is 0. The molecule has 0 amide bonds. The number of carbonyl (C=O) groups is 2. The van der Waals surface area contributed by atoms with Crippen molar-refractivity contribution in [3.8, 4) is 0 Å². The summed E-state index contributed by atoms with van der Waals surface area (Å²) in [4.78, 5) is 24.1. The fourth-order valence-electron chi connectivity index (χ4n) is 2.04. The summed E-state index contributed by atoms with van der Waals surface area (Å²) in [5.74, 6) is -1.04. The maximum absolute atomic E-state index is 12.0. The number of hydrogen-bond donors (Lipinski definition) is 4. The molecule has 0 aliphatic heterocycles. The molecule has 0 saturated carbocycles. The summed E-state index contributed by atoms with van der Waals surface area (Å²) in [5, 5.41) is 36.9. The smallest absolute Gasteiger partial charge is 0.191 e. The number of rotatable bonds is 10. The van der Waals surface area contributed by atoms with Gasteiger partial charge in [0.15, 0.2) is 11.6 Å². The highest BCUT2D eigenvalue weighted by molar-refractivity contribution is 6.04. The van der Waals surface area contributed by atoms with Crippen LogP contribution in [0.1, 0.15) is 46.4 Å². The molecule has 0 aliphatic rings. The molecule has 0 bridgehead atoms. The number of benzene rings is 1. The van der Waals surface area contributed by atoms with E-state index in [1.807, 2.05) is 0 Å². The van der Waals surface area contributed by atoms with Crippen molar-refractivity contribution >= 4 is 11.6 Å². The summed E-state index contributed by atoms with van der Waals surface area (Å²) in [7, 11) is 0. The van der Waals surface area contributed by atoms with Crippen LogP contribution < -0.4 is 0 Å². The maximum atomic E-state index is 12.0. The lowest BCUT2D eigenvalue weighted by Crippen LogP contribution is -2.23. The van der Waals surface area contributed by atoms with E-state index < -0.39 is 23.8 Å². The predicted molar refractivity (Wildman–Crippen MR) is 79.8 cm³/mol. The molecule has 2 unspecified atom stereocenters. The monoisotopic (exact) mass is 310 g/mol. The van der Waals surface area contributed by atoms with Crippen LogP contribution in [0.2, 0.25) is 0 Å². The SMILES string of the molecule is O=C(c1cccc(C(=O)C(O)CCCO)c1)C(O)CCCO. The van der Waals surface area contributed by atoms with Gasteiger partial charge in [0.1, 0.15) is 12.2 Å². The first-order valence-electron chi connectivity index (χ1n) is 7.27. The largest absolute Gasteiger partial charge is 0.396 e. The fraction of sp³-hybridized carbons (Fsp3) is 0.500. The quantitative estimate of drug-likeness (QED) is 0.463. The number of carbonyl (C=O) groups excluding carboxylic acids is 2. The lowest BCUT2D eigenvalue weighted by atomic mass is 9.97. The molecule has 6 nitrogen and oxygen atoms in total. The zero-order valence-corrected chi connectivity index (χ0v) is 12.3. The van der Waals surface area contributed by atoms with E-state index in [4.69, 9.17) is 10.2 Å². The summed E-state index contributed by atoms with van der Waals surface area (Å²) in [6, 6.07) is 5.83. The van der Waals surface area contributed by atoms with Crippen LogP contribution in [0.15, 0.2) is 24.3 Å². The Balaban J connectivity index is 2.80. The molecule has 0 aliphatic carbocycles. The second kappa shape index (κ2) is 9.42. The Hall–Kier alpha value is -1.60. The third kappa shape index (κ3) is 5.31. The normalized spacial score (nSPS) is 13.6. The molecule has 22 heavy (non-hydrogen) atoms. The summed E-state index contributed by atoms with van der Waals surface area (Å²) in [6.45, 7) is -0.222. The van der Waals surface area contributed by atoms with Crippen LogP contribution in [-0.4, -0.2) is 57.4 Å². The maximum Gasteiger partial charge on any atom is 0.191 e. The molecule has 2 atom stereocenters. The van der Waals surface area contributed by atoms with E-state index in [0.29, 0.717) is 12.8 Å². The summed E-state index contributed by atoms with van der Waals surface area (Å²) in [5.41, 5.74) is 0.372. The van der Waals surface area contributed by atoms with Crippen molar-refractivity contribution in [3.05, 3.63) is 35.4 Å². The van der Waals surface area contributed by atoms with Gasteiger partial charge < -0.3 is 20.4 Å². The molecule has 0 heterocycles. The van der Waals surface area contributed by atoms with Crippen LogP contribution in [0.4, 0.5) is 0 Å². The predicted octanol–water partition coefficient (Wildman–Crippen LogP) is 0.319. The zero-order valence-electron chi connectivity index (χ0n) is 12.3.